The van der Waals surface area contributed by atoms with E-state index in [1.54, 1.807) is 0 Å². The average molecular weight is 230 g/mol. The maximum absolute atomic E-state index is 5.78. The Balaban J connectivity index is 2.55. The summed E-state index contributed by atoms with van der Waals surface area (Å²) in [6.45, 7) is 13.9. The van der Waals surface area contributed by atoms with Crippen LogP contribution in [0.1, 0.15) is 47.0 Å². The van der Waals surface area contributed by atoms with Crippen LogP contribution in [0.5, 0.6) is 0 Å². The first-order chi connectivity index (χ1) is 6.70. The van der Waals surface area contributed by atoms with Gasteiger partial charge in [-0.1, -0.05) is 45.9 Å². The predicted octanol–water partition coefficient (Wildman–Crippen LogP) is 3.93. The van der Waals surface area contributed by atoms with Crippen molar-refractivity contribution in [3.63, 3.8) is 0 Å². The smallest absolute Gasteiger partial charge is 0.0310 e. The van der Waals surface area contributed by atoms with Gasteiger partial charge in [0, 0.05) is 17.6 Å². The van der Waals surface area contributed by atoms with E-state index in [1.807, 2.05) is 0 Å². The van der Waals surface area contributed by atoms with Crippen molar-refractivity contribution in [3.05, 3.63) is 11.6 Å². The second-order valence-electron chi connectivity index (χ2n) is 6.51. The summed E-state index contributed by atoms with van der Waals surface area (Å²) in [6.07, 6.45) is 3.78. The molecule has 88 valence electrons. The Morgan fingerprint density at radius 3 is 2.13 bits per heavy atom. The summed E-state index contributed by atoms with van der Waals surface area (Å²) in [4.78, 5) is 0. The normalized spacial score (nSPS) is 25.1. The van der Waals surface area contributed by atoms with E-state index in [4.69, 9.17) is 11.6 Å². The van der Waals surface area contributed by atoms with Crippen LogP contribution in [0.15, 0.2) is 11.6 Å². The van der Waals surface area contributed by atoms with Gasteiger partial charge in [-0.3, -0.25) is 0 Å². The van der Waals surface area contributed by atoms with Crippen LogP contribution in [-0.2, 0) is 0 Å². The highest BCUT2D eigenvalue weighted by atomic mass is 35.5. The van der Waals surface area contributed by atoms with Gasteiger partial charge in [0.15, 0.2) is 0 Å². The molecule has 0 atom stereocenters. The highest BCUT2D eigenvalue weighted by Gasteiger charge is 2.37. The van der Waals surface area contributed by atoms with Crippen LogP contribution in [0.4, 0.5) is 0 Å². The molecule has 0 radical (unpaired) electrons. The number of halogens is 1. The standard InChI is InChI=1S/C13H24ClN/c1-10(14)8-15-11-6-12(2,3)9-13(4,5)7-11/h11,15H,1,6-9H2,2-5H3. The van der Waals surface area contributed by atoms with Gasteiger partial charge in [0.1, 0.15) is 0 Å². The molecular formula is C13H24ClN. The summed E-state index contributed by atoms with van der Waals surface area (Å²) < 4.78 is 0. The van der Waals surface area contributed by atoms with Crippen LogP contribution in [0.2, 0.25) is 0 Å². The highest BCUT2D eigenvalue weighted by molar-refractivity contribution is 6.29. The van der Waals surface area contributed by atoms with Crippen LogP contribution < -0.4 is 5.32 Å². The van der Waals surface area contributed by atoms with Crippen molar-refractivity contribution in [3.8, 4) is 0 Å². The molecule has 15 heavy (non-hydrogen) atoms. The molecule has 1 aliphatic carbocycles. The maximum Gasteiger partial charge on any atom is 0.0310 e. The Labute approximate surface area is 99.3 Å². The lowest BCUT2D eigenvalue weighted by molar-refractivity contribution is 0.0865. The van der Waals surface area contributed by atoms with E-state index < -0.39 is 0 Å². The third-order valence-corrected chi connectivity index (χ3v) is 3.27. The van der Waals surface area contributed by atoms with E-state index in [-0.39, 0.29) is 0 Å². The van der Waals surface area contributed by atoms with Crippen LogP contribution in [0, 0.1) is 10.8 Å². The van der Waals surface area contributed by atoms with Gasteiger partial charge in [0.05, 0.1) is 0 Å². The van der Waals surface area contributed by atoms with Gasteiger partial charge in [-0.2, -0.15) is 0 Å². The lowest BCUT2D eigenvalue weighted by Gasteiger charge is -2.45. The Hall–Kier alpha value is -0.0100. The van der Waals surface area contributed by atoms with Gasteiger partial charge >= 0.3 is 0 Å². The monoisotopic (exact) mass is 229 g/mol. The Morgan fingerprint density at radius 1 is 1.27 bits per heavy atom. The average Bonchev–Trinajstić information content (AvgIpc) is 1.94. The molecule has 0 amide bonds. The lowest BCUT2D eigenvalue weighted by Crippen LogP contribution is -2.44. The first kappa shape index (κ1) is 13.1. The summed E-state index contributed by atoms with van der Waals surface area (Å²) in [5, 5.41) is 4.21. The van der Waals surface area contributed by atoms with E-state index in [2.05, 4.69) is 39.6 Å². The van der Waals surface area contributed by atoms with Crippen LogP contribution >= 0.6 is 11.6 Å². The molecule has 0 bridgehead atoms. The second kappa shape index (κ2) is 4.47. The molecule has 0 heterocycles. The molecule has 0 unspecified atom stereocenters. The summed E-state index contributed by atoms with van der Waals surface area (Å²) >= 11 is 5.78. The number of rotatable bonds is 3. The molecule has 0 aromatic carbocycles. The molecule has 0 spiro atoms. The summed E-state index contributed by atoms with van der Waals surface area (Å²) in [5.74, 6) is 0. The molecule has 1 nitrogen and oxygen atoms in total. The minimum Gasteiger partial charge on any atom is -0.309 e. The van der Waals surface area contributed by atoms with Crippen LogP contribution in [-0.4, -0.2) is 12.6 Å². The molecule has 0 aromatic rings. The second-order valence-corrected chi connectivity index (χ2v) is 7.04. The van der Waals surface area contributed by atoms with Crippen molar-refractivity contribution >= 4 is 11.6 Å². The van der Waals surface area contributed by atoms with Crippen molar-refractivity contribution in [1.29, 1.82) is 0 Å². The fourth-order valence-corrected chi connectivity index (χ4v) is 3.32. The van der Waals surface area contributed by atoms with E-state index in [9.17, 15) is 0 Å². The zero-order valence-corrected chi connectivity index (χ0v) is 11.2. The van der Waals surface area contributed by atoms with Crippen molar-refractivity contribution in [2.75, 3.05) is 6.54 Å². The van der Waals surface area contributed by atoms with E-state index in [1.165, 1.54) is 19.3 Å². The highest BCUT2D eigenvalue weighted by Crippen LogP contribution is 2.45. The van der Waals surface area contributed by atoms with Gasteiger partial charge in [0.2, 0.25) is 0 Å². The van der Waals surface area contributed by atoms with E-state index in [0.717, 1.165) is 6.54 Å². The number of nitrogens with one attached hydrogen (secondary N) is 1. The maximum atomic E-state index is 5.78. The van der Waals surface area contributed by atoms with Crippen molar-refractivity contribution < 1.29 is 0 Å². The minimum absolute atomic E-state index is 0.438. The number of hydrogen-bond acceptors (Lipinski definition) is 1. The van der Waals surface area contributed by atoms with Gasteiger partial charge < -0.3 is 5.32 Å². The quantitative estimate of drug-likeness (QED) is 0.773. The predicted molar refractivity (Wildman–Crippen MR) is 68.2 cm³/mol. The first-order valence-electron chi connectivity index (χ1n) is 5.77. The molecule has 1 aliphatic rings. The fourth-order valence-electron chi connectivity index (χ4n) is 3.25. The van der Waals surface area contributed by atoms with Crippen molar-refractivity contribution in [2.45, 2.75) is 53.0 Å². The first-order valence-corrected chi connectivity index (χ1v) is 6.15. The molecule has 0 saturated heterocycles. The minimum atomic E-state index is 0.438. The Kier molecular flexibility index (Phi) is 3.89. The van der Waals surface area contributed by atoms with Crippen molar-refractivity contribution in [2.24, 2.45) is 10.8 Å². The molecule has 2 heteroatoms. The lowest BCUT2D eigenvalue weighted by atomic mass is 9.63. The molecule has 1 fully saturated rings. The zero-order chi connectivity index (χ0) is 11.7. The Bertz CT molecular complexity index is 227. The van der Waals surface area contributed by atoms with Crippen LogP contribution in [0.3, 0.4) is 0 Å². The fraction of sp³-hybridized carbons (Fsp3) is 0.846. The van der Waals surface area contributed by atoms with Gasteiger partial charge in [-0.15, -0.1) is 0 Å². The van der Waals surface area contributed by atoms with Gasteiger partial charge in [-0.25, -0.2) is 0 Å². The molecule has 0 aliphatic heterocycles. The van der Waals surface area contributed by atoms with Gasteiger partial charge in [-0.05, 0) is 30.1 Å². The molecule has 1 N–H and O–H groups in total. The number of hydrogen-bond donors (Lipinski definition) is 1. The van der Waals surface area contributed by atoms with E-state index >= 15 is 0 Å². The molecule has 1 rings (SSSR count). The zero-order valence-electron chi connectivity index (χ0n) is 10.5. The third kappa shape index (κ3) is 4.56. The molecule has 0 aromatic heterocycles. The van der Waals surface area contributed by atoms with Gasteiger partial charge in [0.25, 0.3) is 0 Å². The topological polar surface area (TPSA) is 12.0 Å². The molecular weight excluding hydrogens is 206 g/mol. The summed E-state index contributed by atoms with van der Waals surface area (Å²) in [6, 6.07) is 0.583. The summed E-state index contributed by atoms with van der Waals surface area (Å²) in [5.41, 5.74) is 0.875. The van der Waals surface area contributed by atoms with Crippen LogP contribution in [0.25, 0.3) is 0 Å². The summed E-state index contributed by atoms with van der Waals surface area (Å²) in [7, 11) is 0. The molecule has 1 saturated carbocycles. The largest absolute Gasteiger partial charge is 0.309 e. The third-order valence-electron chi connectivity index (χ3n) is 3.14. The van der Waals surface area contributed by atoms with Crippen molar-refractivity contribution in [1.82, 2.24) is 5.32 Å². The SMILES string of the molecule is C=C(Cl)CNC1CC(C)(C)CC(C)(C)C1. The Morgan fingerprint density at radius 2 is 1.73 bits per heavy atom. The van der Waals surface area contributed by atoms with E-state index in [0.29, 0.717) is 21.9 Å².